The van der Waals surface area contributed by atoms with Gasteiger partial charge >= 0.3 is 0 Å². The molecule has 1 aliphatic rings. The lowest BCUT2D eigenvalue weighted by Crippen LogP contribution is -2.41. The summed E-state index contributed by atoms with van der Waals surface area (Å²) in [6.07, 6.45) is 1.85. The largest absolute Gasteiger partial charge is 0.484 e. The predicted octanol–water partition coefficient (Wildman–Crippen LogP) is 2.99. The van der Waals surface area contributed by atoms with Gasteiger partial charge in [0.1, 0.15) is 11.3 Å². The summed E-state index contributed by atoms with van der Waals surface area (Å²) in [7, 11) is 1.66. The quantitative estimate of drug-likeness (QED) is 0.424. The first kappa shape index (κ1) is 21.8. The van der Waals surface area contributed by atoms with Crippen molar-refractivity contribution in [3.05, 3.63) is 70.5 Å². The fourth-order valence-corrected chi connectivity index (χ4v) is 3.97. The van der Waals surface area contributed by atoms with Crippen molar-refractivity contribution in [3.8, 4) is 5.75 Å². The van der Waals surface area contributed by atoms with Gasteiger partial charge in [0.15, 0.2) is 6.61 Å². The van der Waals surface area contributed by atoms with Gasteiger partial charge in [-0.15, -0.1) is 0 Å². The lowest BCUT2D eigenvalue weighted by Gasteiger charge is -2.32. The first-order valence-corrected chi connectivity index (χ1v) is 10.4. The number of carbonyl (C=O) groups excluding carboxylic acids is 1. The van der Waals surface area contributed by atoms with E-state index in [0.717, 1.165) is 5.39 Å². The molecule has 1 amide bonds. The van der Waals surface area contributed by atoms with Crippen molar-refractivity contribution < 1.29 is 24.0 Å². The van der Waals surface area contributed by atoms with Gasteiger partial charge in [-0.2, -0.15) is 0 Å². The Morgan fingerprint density at radius 3 is 2.94 bits per heavy atom. The Labute approximate surface area is 184 Å². The van der Waals surface area contributed by atoms with E-state index in [1.807, 2.05) is 12.1 Å². The summed E-state index contributed by atoms with van der Waals surface area (Å²) in [5, 5.41) is 22.1. The molecular formula is C23H25N3O6. The number of carbonyl (C=O) groups is 1. The second-order valence-corrected chi connectivity index (χ2v) is 7.98. The number of furan rings is 1. The average Bonchev–Trinajstić information content (AvgIpc) is 3.43. The number of likely N-dealkylation sites (N-methyl/N-ethyl adjacent to an activating group) is 1. The number of amides is 1. The van der Waals surface area contributed by atoms with Gasteiger partial charge in [0.25, 0.3) is 11.6 Å². The van der Waals surface area contributed by atoms with Gasteiger partial charge in [0.05, 0.1) is 23.3 Å². The highest BCUT2D eigenvalue weighted by Gasteiger charge is 2.29. The summed E-state index contributed by atoms with van der Waals surface area (Å²) < 4.78 is 11.1. The number of benzene rings is 2. The van der Waals surface area contributed by atoms with Crippen LogP contribution >= 0.6 is 0 Å². The van der Waals surface area contributed by atoms with E-state index in [1.165, 1.54) is 12.1 Å². The normalized spacial score (nSPS) is 17.4. The van der Waals surface area contributed by atoms with Crippen LogP contribution in [0.2, 0.25) is 0 Å². The highest BCUT2D eigenvalue weighted by molar-refractivity contribution is 5.80. The minimum Gasteiger partial charge on any atom is -0.484 e. The Balaban J connectivity index is 1.50. The third-order valence-corrected chi connectivity index (χ3v) is 5.80. The van der Waals surface area contributed by atoms with Crippen LogP contribution < -0.4 is 4.74 Å². The number of rotatable bonds is 8. The first-order valence-electron chi connectivity index (χ1n) is 10.4. The molecule has 32 heavy (non-hydrogen) atoms. The molecule has 9 nitrogen and oxygen atoms in total. The number of nitro groups is 1. The molecule has 0 saturated carbocycles. The molecule has 3 aromatic rings. The monoisotopic (exact) mass is 439 g/mol. The Hall–Kier alpha value is -3.43. The van der Waals surface area contributed by atoms with Crippen molar-refractivity contribution in [3.63, 3.8) is 0 Å². The number of fused-ring (bicyclic) bond motifs is 1. The number of ether oxygens (including phenoxy) is 1. The third kappa shape index (κ3) is 4.90. The Morgan fingerprint density at radius 2 is 2.19 bits per heavy atom. The van der Waals surface area contributed by atoms with E-state index in [0.29, 0.717) is 43.0 Å². The lowest BCUT2D eigenvalue weighted by atomic mass is 10.0. The molecule has 0 bridgehead atoms. The maximum Gasteiger partial charge on any atom is 0.269 e. The van der Waals surface area contributed by atoms with E-state index in [1.54, 1.807) is 42.5 Å². The van der Waals surface area contributed by atoms with E-state index in [4.69, 9.17) is 9.15 Å². The van der Waals surface area contributed by atoms with Crippen LogP contribution in [0, 0.1) is 10.1 Å². The lowest BCUT2D eigenvalue weighted by molar-refractivity contribution is -0.385. The Morgan fingerprint density at radius 1 is 1.34 bits per heavy atom. The molecule has 2 atom stereocenters. The molecule has 2 heterocycles. The van der Waals surface area contributed by atoms with Gasteiger partial charge in [-0.05, 0) is 30.2 Å². The van der Waals surface area contributed by atoms with E-state index in [-0.39, 0.29) is 18.2 Å². The number of non-ortho nitro benzene ring substituents is 1. The van der Waals surface area contributed by atoms with Crippen molar-refractivity contribution in [1.29, 1.82) is 0 Å². The molecule has 1 unspecified atom stereocenters. The molecule has 1 saturated heterocycles. The van der Waals surface area contributed by atoms with E-state index < -0.39 is 17.1 Å². The van der Waals surface area contributed by atoms with Gasteiger partial charge in [0.2, 0.25) is 0 Å². The number of hydrogen-bond donors (Lipinski definition) is 1. The average molecular weight is 439 g/mol. The van der Waals surface area contributed by atoms with Crippen molar-refractivity contribution in [1.82, 2.24) is 9.80 Å². The summed E-state index contributed by atoms with van der Waals surface area (Å²) in [5.41, 5.74) is 1.30. The smallest absolute Gasteiger partial charge is 0.269 e. The molecule has 4 rings (SSSR count). The number of likely N-dealkylation sites (tertiary alicyclic amines) is 1. The number of nitrogens with zero attached hydrogens (tertiary/aromatic N) is 3. The second-order valence-electron chi connectivity index (χ2n) is 7.98. The van der Waals surface area contributed by atoms with E-state index in [9.17, 15) is 20.0 Å². The van der Waals surface area contributed by atoms with Gasteiger partial charge in [-0.25, -0.2) is 0 Å². The van der Waals surface area contributed by atoms with Crippen LogP contribution in [0.15, 0.2) is 59.2 Å². The topological polar surface area (TPSA) is 109 Å². The molecule has 9 heteroatoms. The SMILES string of the molecule is CN(C(=O)COc1ccc2ccoc2c1)[C@H](CN1CCC(O)C1)c1cccc([N+](=O)[O-])c1. The summed E-state index contributed by atoms with van der Waals surface area (Å²) >= 11 is 0. The zero-order valence-electron chi connectivity index (χ0n) is 17.7. The van der Waals surface area contributed by atoms with Gasteiger partial charge in [0, 0.05) is 50.3 Å². The van der Waals surface area contributed by atoms with Crippen LogP contribution in [0.1, 0.15) is 18.0 Å². The standard InChI is InChI=1S/C23H25N3O6/c1-24(23(28)15-32-20-6-5-16-8-10-31-22(16)12-20)21(14-25-9-7-19(27)13-25)17-3-2-4-18(11-17)26(29)30/h2-6,8,10-12,19,21,27H,7,9,13-15H2,1H3/t19?,21-/m1/s1. The molecule has 1 aromatic heterocycles. The number of β-amino-alcohol motifs (C(OH)–C–C–N with tert-alkyl or cyclic N) is 1. The Kier molecular flexibility index (Phi) is 6.38. The number of hydrogen-bond acceptors (Lipinski definition) is 7. The van der Waals surface area contributed by atoms with Gasteiger partial charge in [-0.3, -0.25) is 19.8 Å². The number of nitro benzene ring substituents is 1. The van der Waals surface area contributed by atoms with Crippen LogP contribution in [-0.2, 0) is 4.79 Å². The molecule has 1 N–H and O–H groups in total. The van der Waals surface area contributed by atoms with E-state index in [2.05, 4.69) is 4.90 Å². The van der Waals surface area contributed by atoms with Crippen molar-refractivity contribution >= 4 is 22.6 Å². The minimum atomic E-state index is -0.449. The zero-order valence-corrected chi connectivity index (χ0v) is 17.7. The summed E-state index contributed by atoms with van der Waals surface area (Å²) in [5.74, 6) is 0.254. The second kappa shape index (κ2) is 9.37. The van der Waals surface area contributed by atoms with Crippen LogP contribution in [0.5, 0.6) is 5.75 Å². The first-order chi connectivity index (χ1) is 15.4. The zero-order chi connectivity index (χ0) is 22.7. The molecule has 1 fully saturated rings. The Bertz CT molecular complexity index is 1110. The van der Waals surface area contributed by atoms with Gasteiger partial charge in [-0.1, -0.05) is 12.1 Å². The van der Waals surface area contributed by atoms with E-state index >= 15 is 0 Å². The molecule has 0 aliphatic carbocycles. The fraction of sp³-hybridized carbons (Fsp3) is 0.348. The van der Waals surface area contributed by atoms with Crippen molar-refractivity contribution in [2.75, 3.05) is 33.3 Å². The summed E-state index contributed by atoms with van der Waals surface area (Å²) in [4.78, 5) is 27.4. The van der Waals surface area contributed by atoms with Crippen LogP contribution in [0.25, 0.3) is 11.0 Å². The minimum absolute atomic E-state index is 0.0298. The van der Waals surface area contributed by atoms with Crippen molar-refractivity contribution in [2.24, 2.45) is 0 Å². The maximum absolute atomic E-state index is 13.0. The predicted molar refractivity (Wildman–Crippen MR) is 117 cm³/mol. The fourth-order valence-electron chi connectivity index (χ4n) is 3.97. The van der Waals surface area contributed by atoms with Gasteiger partial charge < -0.3 is 19.2 Å². The van der Waals surface area contributed by atoms with Crippen LogP contribution in [0.3, 0.4) is 0 Å². The number of aliphatic hydroxyl groups excluding tert-OH is 1. The highest BCUT2D eigenvalue weighted by atomic mass is 16.6. The highest BCUT2D eigenvalue weighted by Crippen LogP contribution is 2.27. The molecule has 0 spiro atoms. The molecule has 0 radical (unpaired) electrons. The molecule has 2 aromatic carbocycles. The van der Waals surface area contributed by atoms with Crippen LogP contribution in [-0.4, -0.2) is 65.1 Å². The maximum atomic E-state index is 13.0. The molecular weight excluding hydrogens is 414 g/mol. The summed E-state index contributed by atoms with van der Waals surface area (Å²) in [6, 6.07) is 13.1. The van der Waals surface area contributed by atoms with Crippen LogP contribution in [0.4, 0.5) is 5.69 Å². The third-order valence-electron chi connectivity index (χ3n) is 5.80. The molecule has 168 valence electrons. The number of aliphatic hydroxyl groups is 1. The summed E-state index contributed by atoms with van der Waals surface area (Å²) in [6.45, 7) is 1.48. The van der Waals surface area contributed by atoms with Crippen molar-refractivity contribution in [2.45, 2.75) is 18.6 Å². The molecule has 1 aliphatic heterocycles.